The number of ketones is 1. The van der Waals surface area contributed by atoms with Crippen LogP contribution in [0.2, 0.25) is 0 Å². The van der Waals surface area contributed by atoms with Gasteiger partial charge in [0, 0.05) is 29.9 Å². The van der Waals surface area contributed by atoms with Crippen molar-refractivity contribution in [2.24, 2.45) is 17.8 Å². The van der Waals surface area contributed by atoms with Gasteiger partial charge in [-0.2, -0.15) is 0 Å². The number of amides is 3. The second-order valence-corrected chi connectivity index (χ2v) is 10.1. The van der Waals surface area contributed by atoms with E-state index < -0.39 is 36.3 Å². The van der Waals surface area contributed by atoms with E-state index in [1.807, 2.05) is 18.2 Å². The summed E-state index contributed by atoms with van der Waals surface area (Å²) >= 11 is 0. The number of aliphatic hydroxyl groups is 1. The van der Waals surface area contributed by atoms with Crippen molar-refractivity contribution in [1.82, 2.24) is 20.5 Å². The second kappa shape index (κ2) is 9.93. The smallest absolute Gasteiger partial charge is 0.271 e. The predicted octanol–water partition coefficient (Wildman–Crippen LogP) is 0.990. The van der Waals surface area contributed by atoms with E-state index in [0.717, 1.165) is 30.2 Å². The van der Waals surface area contributed by atoms with E-state index in [4.69, 9.17) is 4.74 Å². The van der Waals surface area contributed by atoms with Crippen LogP contribution in [0.5, 0.6) is 5.75 Å². The van der Waals surface area contributed by atoms with Crippen molar-refractivity contribution in [2.45, 2.75) is 44.2 Å². The Morgan fingerprint density at radius 3 is 2.81 bits per heavy atom. The molecule has 1 aromatic heterocycles. The van der Waals surface area contributed by atoms with E-state index in [9.17, 15) is 24.3 Å². The molecule has 10 heteroatoms. The number of likely N-dealkylation sites (tertiary alicyclic amines) is 1. The number of fused-ring (bicyclic) bond motifs is 2. The van der Waals surface area contributed by atoms with Gasteiger partial charge in [-0.15, -0.1) is 0 Å². The molecule has 3 fully saturated rings. The molecular weight excluding hydrogens is 464 g/mol. The standard InChI is InChI=1S/C26H32N4O6/c1-36-22-7-3-6-18-17(22)11-20(28-18)26(35)30-12-15-4-2-5-16(15)23(30)25(34)29-19(21(32)13-31)10-14-8-9-27-24(14)33/h3,6-7,11,14-16,19,23,28,31H,2,4-5,8-10,12-13H2,1H3,(H,27,33)(H,29,34)/t14-,15-,16-,19+,23+/m1/s1. The molecule has 2 aromatic rings. The lowest BCUT2D eigenvalue weighted by molar-refractivity contribution is -0.133. The monoisotopic (exact) mass is 496 g/mol. The first kappa shape index (κ1) is 24.3. The average molecular weight is 497 g/mol. The third-order valence-electron chi connectivity index (χ3n) is 8.04. The number of rotatable bonds is 8. The number of methoxy groups -OCH3 is 1. The molecule has 1 aromatic carbocycles. The SMILES string of the molecule is COc1cccc2[nH]c(C(=O)N3C[C@H]4CCC[C@H]4[C@H]3C(=O)N[C@@H](C[C@H]3CCNC3=O)C(=O)CO)cc12. The van der Waals surface area contributed by atoms with E-state index >= 15 is 0 Å². The maximum absolute atomic E-state index is 13.7. The molecule has 1 aliphatic carbocycles. The van der Waals surface area contributed by atoms with Crippen molar-refractivity contribution >= 4 is 34.4 Å². The summed E-state index contributed by atoms with van der Waals surface area (Å²) in [6, 6.07) is 5.57. The Morgan fingerprint density at radius 1 is 1.25 bits per heavy atom. The molecule has 192 valence electrons. The second-order valence-electron chi connectivity index (χ2n) is 10.1. The first-order chi connectivity index (χ1) is 17.4. The van der Waals surface area contributed by atoms with Gasteiger partial charge < -0.3 is 30.4 Å². The highest BCUT2D eigenvalue weighted by Crippen LogP contribution is 2.43. The van der Waals surface area contributed by atoms with Gasteiger partial charge in [-0.3, -0.25) is 19.2 Å². The summed E-state index contributed by atoms with van der Waals surface area (Å²) in [6.45, 7) is 0.273. The van der Waals surface area contributed by atoms with Gasteiger partial charge in [0.2, 0.25) is 11.8 Å². The number of nitrogens with zero attached hydrogens (tertiary/aromatic N) is 1. The Balaban J connectivity index is 1.39. The van der Waals surface area contributed by atoms with Crippen LogP contribution in [0.3, 0.4) is 0 Å². The Kier molecular flexibility index (Phi) is 6.70. The molecule has 0 bridgehead atoms. The number of hydrogen-bond donors (Lipinski definition) is 4. The first-order valence-electron chi connectivity index (χ1n) is 12.6. The molecule has 1 saturated carbocycles. The number of benzene rings is 1. The van der Waals surface area contributed by atoms with Gasteiger partial charge >= 0.3 is 0 Å². The van der Waals surface area contributed by atoms with E-state index in [1.165, 1.54) is 0 Å². The van der Waals surface area contributed by atoms with Crippen molar-refractivity contribution < 1.29 is 29.0 Å². The van der Waals surface area contributed by atoms with Crippen LogP contribution >= 0.6 is 0 Å². The summed E-state index contributed by atoms with van der Waals surface area (Å²) in [7, 11) is 1.57. The van der Waals surface area contributed by atoms with E-state index in [2.05, 4.69) is 15.6 Å². The molecule has 2 aliphatic heterocycles. The molecule has 0 unspecified atom stereocenters. The molecule has 0 radical (unpaired) electrons. The normalized spacial score (nSPS) is 26.1. The molecule has 10 nitrogen and oxygen atoms in total. The minimum Gasteiger partial charge on any atom is -0.496 e. The van der Waals surface area contributed by atoms with Gasteiger partial charge in [0.1, 0.15) is 24.1 Å². The maximum atomic E-state index is 13.7. The Labute approximate surface area is 208 Å². The number of aromatic nitrogens is 1. The minimum atomic E-state index is -0.980. The Hall–Kier alpha value is -3.40. The minimum absolute atomic E-state index is 0.00696. The van der Waals surface area contributed by atoms with Crippen molar-refractivity contribution in [1.29, 1.82) is 0 Å². The van der Waals surface area contributed by atoms with Crippen molar-refractivity contribution in [3.8, 4) is 5.75 Å². The fraction of sp³-hybridized carbons (Fsp3) is 0.538. The van der Waals surface area contributed by atoms with E-state index in [-0.39, 0.29) is 30.1 Å². The zero-order valence-electron chi connectivity index (χ0n) is 20.3. The molecular formula is C26H32N4O6. The summed E-state index contributed by atoms with van der Waals surface area (Å²) in [5.41, 5.74) is 1.14. The molecule has 3 aliphatic rings. The molecule has 5 rings (SSSR count). The van der Waals surface area contributed by atoms with E-state index in [1.54, 1.807) is 18.1 Å². The number of aliphatic hydroxyl groups excluding tert-OH is 1. The third kappa shape index (κ3) is 4.34. The first-order valence-corrected chi connectivity index (χ1v) is 12.6. The van der Waals surface area contributed by atoms with Gasteiger partial charge in [-0.25, -0.2) is 0 Å². The van der Waals surface area contributed by atoms with Crippen LogP contribution in [0.25, 0.3) is 10.9 Å². The van der Waals surface area contributed by atoms with Crippen LogP contribution < -0.4 is 15.4 Å². The van der Waals surface area contributed by atoms with Gasteiger partial charge in [0.15, 0.2) is 5.78 Å². The van der Waals surface area contributed by atoms with Crippen molar-refractivity contribution in [3.63, 3.8) is 0 Å². The van der Waals surface area contributed by atoms with Crippen LogP contribution in [0, 0.1) is 17.8 Å². The van der Waals surface area contributed by atoms with Crippen LogP contribution in [0.1, 0.15) is 42.6 Å². The summed E-state index contributed by atoms with van der Waals surface area (Å²) in [5.74, 6) is -0.889. The maximum Gasteiger partial charge on any atom is 0.271 e. The summed E-state index contributed by atoms with van der Waals surface area (Å²) in [4.78, 5) is 56.6. The lowest BCUT2D eigenvalue weighted by Crippen LogP contribution is -2.53. The molecule has 0 spiro atoms. The van der Waals surface area contributed by atoms with Gasteiger partial charge in [-0.1, -0.05) is 12.5 Å². The summed E-state index contributed by atoms with van der Waals surface area (Å²) in [6.07, 6.45) is 3.47. The quantitative estimate of drug-likeness (QED) is 0.430. The van der Waals surface area contributed by atoms with Crippen LogP contribution in [-0.4, -0.2) is 77.4 Å². The van der Waals surface area contributed by atoms with Gasteiger partial charge in [0.05, 0.1) is 13.2 Å². The molecule has 5 atom stereocenters. The van der Waals surface area contributed by atoms with Crippen LogP contribution in [0.15, 0.2) is 24.3 Å². The number of Topliss-reactive ketones (excluding diaryl/α,β-unsaturated/α-hetero) is 1. The number of carbonyl (C=O) groups excluding carboxylic acids is 4. The largest absolute Gasteiger partial charge is 0.496 e. The van der Waals surface area contributed by atoms with Gasteiger partial charge in [0.25, 0.3) is 5.91 Å². The topological polar surface area (TPSA) is 141 Å². The number of carbonyl (C=O) groups is 4. The van der Waals surface area contributed by atoms with Crippen molar-refractivity contribution in [2.75, 3.05) is 26.8 Å². The molecule has 3 amide bonds. The number of nitrogens with one attached hydrogen (secondary N) is 3. The predicted molar refractivity (Wildman–Crippen MR) is 130 cm³/mol. The third-order valence-corrected chi connectivity index (χ3v) is 8.04. The fourth-order valence-corrected chi connectivity index (χ4v) is 6.22. The molecule has 36 heavy (non-hydrogen) atoms. The Morgan fingerprint density at radius 2 is 2.08 bits per heavy atom. The lowest BCUT2D eigenvalue weighted by atomic mass is 9.92. The average Bonchev–Trinajstić information content (AvgIpc) is 3.66. The number of aromatic amines is 1. The van der Waals surface area contributed by atoms with Crippen LogP contribution in [0.4, 0.5) is 0 Å². The summed E-state index contributed by atoms with van der Waals surface area (Å²) in [5, 5.41) is 15.8. The fourth-order valence-electron chi connectivity index (χ4n) is 6.22. The summed E-state index contributed by atoms with van der Waals surface area (Å²) < 4.78 is 5.42. The zero-order valence-corrected chi connectivity index (χ0v) is 20.3. The highest BCUT2D eigenvalue weighted by atomic mass is 16.5. The van der Waals surface area contributed by atoms with E-state index in [0.29, 0.717) is 31.0 Å². The lowest BCUT2D eigenvalue weighted by Gasteiger charge is -2.29. The number of H-pyrrole nitrogens is 1. The number of ether oxygens (including phenoxy) is 1. The molecule has 2 saturated heterocycles. The Bertz CT molecular complexity index is 1190. The number of hydrogen-bond acceptors (Lipinski definition) is 6. The van der Waals surface area contributed by atoms with Crippen molar-refractivity contribution in [3.05, 3.63) is 30.0 Å². The van der Waals surface area contributed by atoms with Crippen LogP contribution in [-0.2, 0) is 14.4 Å². The van der Waals surface area contributed by atoms with Gasteiger partial charge in [-0.05, 0) is 55.7 Å². The highest BCUT2D eigenvalue weighted by molar-refractivity contribution is 6.02. The molecule has 3 heterocycles. The zero-order chi connectivity index (χ0) is 25.4. The highest BCUT2D eigenvalue weighted by Gasteiger charge is 2.50. The molecule has 4 N–H and O–H groups in total.